The summed E-state index contributed by atoms with van der Waals surface area (Å²) in [5.74, 6) is 0.204. The monoisotopic (exact) mass is 280 g/mol. The summed E-state index contributed by atoms with van der Waals surface area (Å²) in [4.78, 5) is 16.3. The minimum atomic E-state index is -0.448. The highest BCUT2D eigenvalue weighted by atomic mass is 35.5. The average Bonchev–Trinajstić information content (AvgIpc) is 2.72. The van der Waals surface area contributed by atoms with E-state index in [9.17, 15) is 4.79 Å². The van der Waals surface area contributed by atoms with Gasteiger partial charge in [0.1, 0.15) is 6.04 Å². The molecule has 0 bridgehead atoms. The van der Waals surface area contributed by atoms with Gasteiger partial charge < -0.3 is 11.1 Å². The molecular weight excluding hydrogens is 264 g/mol. The Hall–Kier alpha value is -1.75. The number of hydrogen-bond acceptors (Lipinski definition) is 3. The second kappa shape index (κ2) is 5.48. The molecule has 1 unspecified atom stereocenters. The van der Waals surface area contributed by atoms with E-state index in [1.54, 1.807) is 17.6 Å². The summed E-state index contributed by atoms with van der Waals surface area (Å²) in [6, 6.07) is 4.95. The summed E-state index contributed by atoms with van der Waals surface area (Å²) in [6.45, 7) is 4.43. The van der Waals surface area contributed by atoms with E-state index >= 15 is 0 Å². The molecule has 6 heteroatoms. The molecule has 0 aliphatic rings. The lowest BCUT2D eigenvalue weighted by Crippen LogP contribution is -2.32. The van der Waals surface area contributed by atoms with Crippen molar-refractivity contribution in [2.24, 2.45) is 0 Å². The highest BCUT2D eigenvalue weighted by Crippen LogP contribution is 2.28. The molecule has 1 heterocycles. The van der Waals surface area contributed by atoms with Crippen LogP contribution < -0.4 is 11.1 Å². The third kappa shape index (κ3) is 2.51. The summed E-state index contributed by atoms with van der Waals surface area (Å²) < 4.78 is 1.67. The summed E-state index contributed by atoms with van der Waals surface area (Å²) in [6.07, 6.45) is 0.888. The first-order valence-corrected chi connectivity index (χ1v) is 6.63. The van der Waals surface area contributed by atoms with E-state index in [0.29, 0.717) is 28.5 Å². The number of carbonyl (C=O) groups is 1. The molecule has 1 aromatic carbocycles. The molecule has 1 aromatic heterocycles. The van der Waals surface area contributed by atoms with Crippen LogP contribution in [0, 0.1) is 0 Å². The van der Waals surface area contributed by atoms with Gasteiger partial charge in [-0.05, 0) is 25.5 Å². The van der Waals surface area contributed by atoms with Crippen molar-refractivity contribution in [3.63, 3.8) is 0 Å². The fraction of sp³-hybridized carbons (Fsp3) is 0.385. The van der Waals surface area contributed by atoms with E-state index in [1.165, 1.54) is 0 Å². The molecule has 19 heavy (non-hydrogen) atoms. The van der Waals surface area contributed by atoms with E-state index in [1.807, 2.05) is 19.1 Å². The van der Waals surface area contributed by atoms with Crippen molar-refractivity contribution >= 4 is 34.5 Å². The van der Waals surface area contributed by atoms with Gasteiger partial charge in [0.2, 0.25) is 11.9 Å². The van der Waals surface area contributed by atoms with E-state index in [4.69, 9.17) is 17.3 Å². The standard InChI is InChI=1S/C13H17ClN4O/c1-3-7-16-12(19)8(2)18-11-9(14)5-4-6-10(11)17-13(18)15/h4-6,8H,3,7H2,1-2H3,(H2,15,17)(H,16,19). The number of nitrogens with zero attached hydrogens (tertiary/aromatic N) is 2. The molecule has 2 aromatic rings. The van der Waals surface area contributed by atoms with Crippen LogP contribution in [0.2, 0.25) is 5.02 Å². The Morgan fingerprint density at radius 1 is 1.58 bits per heavy atom. The van der Waals surface area contributed by atoms with Crippen LogP contribution in [0.15, 0.2) is 18.2 Å². The molecule has 0 saturated carbocycles. The van der Waals surface area contributed by atoms with Gasteiger partial charge in [-0.2, -0.15) is 0 Å². The predicted molar refractivity (Wildman–Crippen MR) is 77.2 cm³/mol. The summed E-state index contributed by atoms with van der Waals surface area (Å²) in [7, 11) is 0. The van der Waals surface area contributed by atoms with Gasteiger partial charge >= 0.3 is 0 Å². The molecule has 5 nitrogen and oxygen atoms in total. The zero-order chi connectivity index (χ0) is 14.0. The quantitative estimate of drug-likeness (QED) is 0.903. The minimum absolute atomic E-state index is 0.0900. The second-order valence-corrected chi connectivity index (χ2v) is 4.82. The lowest BCUT2D eigenvalue weighted by Gasteiger charge is -2.16. The van der Waals surface area contributed by atoms with Crippen LogP contribution in [0.3, 0.4) is 0 Å². The molecule has 1 atom stereocenters. The smallest absolute Gasteiger partial charge is 0.242 e. The molecule has 3 N–H and O–H groups in total. The van der Waals surface area contributed by atoms with Crippen LogP contribution >= 0.6 is 11.6 Å². The number of rotatable bonds is 4. The Labute approximate surface area is 116 Å². The number of nitrogens with two attached hydrogens (primary N) is 1. The average molecular weight is 281 g/mol. The second-order valence-electron chi connectivity index (χ2n) is 4.41. The van der Waals surface area contributed by atoms with Crippen molar-refractivity contribution in [1.29, 1.82) is 0 Å². The van der Waals surface area contributed by atoms with Gasteiger partial charge in [0, 0.05) is 6.54 Å². The first-order valence-electron chi connectivity index (χ1n) is 6.26. The maximum atomic E-state index is 12.0. The first kappa shape index (κ1) is 13.7. The summed E-state index contributed by atoms with van der Waals surface area (Å²) in [5, 5.41) is 3.38. The largest absolute Gasteiger partial charge is 0.369 e. The van der Waals surface area contributed by atoms with Gasteiger partial charge in [-0.15, -0.1) is 0 Å². The van der Waals surface area contributed by atoms with Crippen molar-refractivity contribution in [2.75, 3.05) is 12.3 Å². The molecule has 0 fully saturated rings. The molecule has 0 radical (unpaired) electrons. The van der Waals surface area contributed by atoms with Crippen LogP contribution in [-0.2, 0) is 4.79 Å². The number of aromatic nitrogens is 2. The molecule has 0 aliphatic heterocycles. The van der Waals surface area contributed by atoms with Crippen LogP contribution in [-0.4, -0.2) is 22.0 Å². The zero-order valence-corrected chi connectivity index (χ0v) is 11.7. The first-order chi connectivity index (χ1) is 9.06. The lowest BCUT2D eigenvalue weighted by atomic mass is 10.2. The molecule has 2 rings (SSSR count). The fourth-order valence-corrected chi connectivity index (χ4v) is 2.29. The maximum absolute atomic E-state index is 12.0. The Bertz CT molecular complexity index is 608. The molecule has 0 aliphatic carbocycles. The highest BCUT2D eigenvalue weighted by Gasteiger charge is 2.21. The van der Waals surface area contributed by atoms with Crippen molar-refractivity contribution in [3.05, 3.63) is 23.2 Å². The normalized spacial score (nSPS) is 12.6. The van der Waals surface area contributed by atoms with Gasteiger partial charge in [0.15, 0.2) is 0 Å². The van der Waals surface area contributed by atoms with Crippen LogP contribution in [0.4, 0.5) is 5.95 Å². The number of amides is 1. The predicted octanol–water partition coefficient (Wildman–Crippen LogP) is 2.36. The number of nitrogens with one attached hydrogen (secondary N) is 1. The number of anilines is 1. The number of fused-ring (bicyclic) bond motifs is 1. The molecule has 1 amide bonds. The third-order valence-corrected chi connectivity index (χ3v) is 3.31. The number of halogens is 1. The maximum Gasteiger partial charge on any atom is 0.242 e. The van der Waals surface area contributed by atoms with Crippen molar-refractivity contribution in [2.45, 2.75) is 26.3 Å². The Morgan fingerprint density at radius 2 is 2.32 bits per heavy atom. The van der Waals surface area contributed by atoms with Gasteiger partial charge in [0.25, 0.3) is 0 Å². The van der Waals surface area contributed by atoms with Crippen LogP contribution in [0.1, 0.15) is 26.3 Å². The van der Waals surface area contributed by atoms with Gasteiger partial charge in [-0.1, -0.05) is 24.6 Å². The third-order valence-electron chi connectivity index (χ3n) is 3.00. The molecule has 0 saturated heterocycles. The van der Waals surface area contributed by atoms with E-state index in [2.05, 4.69) is 10.3 Å². The van der Waals surface area contributed by atoms with Crippen LogP contribution in [0.5, 0.6) is 0 Å². The van der Waals surface area contributed by atoms with E-state index < -0.39 is 6.04 Å². The Kier molecular flexibility index (Phi) is 3.95. The Morgan fingerprint density at radius 3 is 3.00 bits per heavy atom. The molecule has 0 spiro atoms. The zero-order valence-electron chi connectivity index (χ0n) is 11.0. The number of benzene rings is 1. The fourth-order valence-electron chi connectivity index (χ4n) is 2.03. The van der Waals surface area contributed by atoms with E-state index in [-0.39, 0.29) is 5.91 Å². The number of hydrogen-bond donors (Lipinski definition) is 2. The SMILES string of the molecule is CCCNC(=O)C(C)n1c(N)nc2cccc(Cl)c21. The topological polar surface area (TPSA) is 72.9 Å². The van der Waals surface area contributed by atoms with Gasteiger partial charge in [0.05, 0.1) is 16.1 Å². The van der Waals surface area contributed by atoms with Crippen LogP contribution in [0.25, 0.3) is 11.0 Å². The van der Waals surface area contributed by atoms with Crippen molar-refractivity contribution < 1.29 is 4.79 Å². The van der Waals surface area contributed by atoms with Crippen molar-refractivity contribution in [3.8, 4) is 0 Å². The van der Waals surface area contributed by atoms with Gasteiger partial charge in [-0.25, -0.2) is 4.98 Å². The number of nitrogen functional groups attached to an aromatic ring is 1. The number of imidazole rings is 1. The summed E-state index contributed by atoms with van der Waals surface area (Å²) >= 11 is 6.18. The van der Waals surface area contributed by atoms with Gasteiger partial charge in [-0.3, -0.25) is 9.36 Å². The number of para-hydroxylation sites is 1. The lowest BCUT2D eigenvalue weighted by molar-refractivity contribution is -0.123. The van der Waals surface area contributed by atoms with E-state index in [0.717, 1.165) is 6.42 Å². The number of carbonyl (C=O) groups excluding carboxylic acids is 1. The molecule has 102 valence electrons. The Balaban J connectivity index is 2.44. The molecular formula is C13H17ClN4O. The highest BCUT2D eigenvalue weighted by molar-refractivity contribution is 6.35. The minimum Gasteiger partial charge on any atom is -0.369 e. The summed E-state index contributed by atoms with van der Waals surface area (Å²) in [5.41, 5.74) is 7.29. The van der Waals surface area contributed by atoms with Crippen molar-refractivity contribution in [1.82, 2.24) is 14.9 Å².